The Hall–Kier alpha value is -1.32. The molecule has 0 radical (unpaired) electrons. The minimum atomic E-state index is -0.641. The Bertz CT molecular complexity index is 364. The first-order chi connectivity index (χ1) is 7.16. The average molecular weight is 213 g/mol. The van der Waals surface area contributed by atoms with Gasteiger partial charge in [0.25, 0.3) is 0 Å². The normalized spacial score (nSPS) is 15.3. The lowest BCUT2D eigenvalue weighted by atomic mass is 10.2. The van der Waals surface area contributed by atoms with E-state index in [0.717, 1.165) is 18.6 Å². The molecule has 4 heteroatoms. The van der Waals surface area contributed by atoms with Gasteiger partial charge in [0.15, 0.2) is 11.6 Å². The van der Waals surface area contributed by atoms with Crippen LogP contribution in [0, 0.1) is 17.6 Å². The molecule has 15 heavy (non-hydrogen) atoms. The maximum atomic E-state index is 13.2. The van der Waals surface area contributed by atoms with E-state index < -0.39 is 11.6 Å². The van der Waals surface area contributed by atoms with Crippen molar-refractivity contribution in [3.05, 3.63) is 23.8 Å². The summed E-state index contributed by atoms with van der Waals surface area (Å²) >= 11 is 0. The topological polar surface area (TPSA) is 35.2 Å². The van der Waals surface area contributed by atoms with Crippen LogP contribution in [0.25, 0.3) is 0 Å². The van der Waals surface area contributed by atoms with Crippen LogP contribution in [0.5, 0.6) is 5.75 Å². The highest BCUT2D eigenvalue weighted by molar-refractivity contribution is 5.44. The second-order valence-electron chi connectivity index (χ2n) is 3.88. The molecule has 82 valence electrons. The number of rotatable bonds is 4. The van der Waals surface area contributed by atoms with Crippen LogP contribution >= 0.6 is 0 Å². The highest BCUT2D eigenvalue weighted by Gasteiger charge is 2.21. The SMILES string of the molecule is Nc1cc(F)c(OCCC2CC2)cc1F. The molecule has 1 aliphatic carbocycles. The summed E-state index contributed by atoms with van der Waals surface area (Å²) in [4.78, 5) is 0. The van der Waals surface area contributed by atoms with Crippen molar-refractivity contribution in [3.8, 4) is 5.75 Å². The van der Waals surface area contributed by atoms with E-state index in [1.807, 2.05) is 0 Å². The number of ether oxygens (including phenoxy) is 1. The number of nitrogens with two attached hydrogens (primary N) is 1. The molecule has 2 nitrogen and oxygen atoms in total. The van der Waals surface area contributed by atoms with E-state index in [1.165, 1.54) is 12.8 Å². The Kier molecular flexibility index (Phi) is 2.75. The molecule has 0 amide bonds. The molecule has 0 aromatic heterocycles. The Labute approximate surface area is 87.0 Å². The van der Waals surface area contributed by atoms with Crippen molar-refractivity contribution in [2.45, 2.75) is 19.3 Å². The summed E-state index contributed by atoms with van der Waals surface area (Å²) in [5.74, 6) is -0.587. The molecule has 2 rings (SSSR count). The van der Waals surface area contributed by atoms with Gasteiger partial charge in [0.1, 0.15) is 5.82 Å². The van der Waals surface area contributed by atoms with E-state index >= 15 is 0 Å². The fourth-order valence-corrected chi connectivity index (χ4v) is 1.40. The van der Waals surface area contributed by atoms with Gasteiger partial charge in [-0.2, -0.15) is 0 Å². The lowest BCUT2D eigenvalue weighted by molar-refractivity contribution is 0.286. The number of hydrogen-bond acceptors (Lipinski definition) is 2. The van der Waals surface area contributed by atoms with E-state index in [0.29, 0.717) is 12.5 Å². The molecule has 0 unspecified atom stereocenters. The van der Waals surface area contributed by atoms with Crippen molar-refractivity contribution in [3.63, 3.8) is 0 Å². The maximum absolute atomic E-state index is 13.2. The number of nitrogen functional groups attached to an aromatic ring is 1. The van der Waals surface area contributed by atoms with Crippen molar-refractivity contribution in [1.29, 1.82) is 0 Å². The number of halogens is 2. The van der Waals surface area contributed by atoms with E-state index in [2.05, 4.69) is 0 Å². The summed E-state index contributed by atoms with van der Waals surface area (Å²) in [7, 11) is 0. The minimum absolute atomic E-state index is 0.0534. The quantitative estimate of drug-likeness (QED) is 0.780. The molecular weight excluding hydrogens is 200 g/mol. The van der Waals surface area contributed by atoms with Crippen molar-refractivity contribution in [2.75, 3.05) is 12.3 Å². The third-order valence-electron chi connectivity index (χ3n) is 2.53. The molecule has 1 saturated carbocycles. The first-order valence-electron chi connectivity index (χ1n) is 5.04. The summed E-state index contributed by atoms with van der Waals surface area (Å²) in [5.41, 5.74) is 5.01. The predicted molar refractivity (Wildman–Crippen MR) is 53.6 cm³/mol. The molecule has 1 fully saturated rings. The molecule has 0 saturated heterocycles. The van der Waals surface area contributed by atoms with Crippen molar-refractivity contribution >= 4 is 5.69 Å². The maximum Gasteiger partial charge on any atom is 0.167 e. The van der Waals surface area contributed by atoms with Gasteiger partial charge in [0.2, 0.25) is 0 Å². The molecular formula is C11H13F2NO. The van der Waals surface area contributed by atoms with Crippen LogP contribution < -0.4 is 10.5 Å². The monoisotopic (exact) mass is 213 g/mol. The largest absolute Gasteiger partial charge is 0.490 e. The van der Waals surface area contributed by atoms with Gasteiger partial charge in [-0.1, -0.05) is 12.8 Å². The molecule has 1 aromatic rings. The molecule has 0 atom stereocenters. The number of hydrogen-bond donors (Lipinski definition) is 1. The van der Waals surface area contributed by atoms with Crippen LogP contribution in [-0.4, -0.2) is 6.61 Å². The van der Waals surface area contributed by atoms with Gasteiger partial charge < -0.3 is 10.5 Å². The molecule has 0 aliphatic heterocycles. The van der Waals surface area contributed by atoms with Gasteiger partial charge in [-0.3, -0.25) is 0 Å². The predicted octanol–water partition coefficient (Wildman–Crippen LogP) is 2.73. The Balaban J connectivity index is 1.96. The minimum Gasteiger partial charge on any atom is -0.490 e. The van der Waals surface area contributed by atoms with Crippen LogP contribution in [0.4, 0.5) is 14.5 Å². The first-order valence-corrected chi connectivity index (χ1v) is 5.04. The average Bonchev–Trinajstić information content (AvgIpc) is 2.97. The zero-order chi connectivity index (χ0) is 10.8. The lowest BCUT2D eigenvalue weighted by Crippen LogP contribution is -2.02. The Morgan fingerprint density at radius 2 is 2.00 bits per heavy atom. The van der Waals surface area contributed by atoms with Gasteiger partial charge in [-0.25, -0.2) is 8.78 Å². The molecule has 0 spiro atoms. The van der Waals surface area contributed by atoms with Gasteiger partial charge >= 0.3 is 0 Å². The molecule has 2 N–H and O–H groups in total. The molecule has 0 bridgehead atoms. The Morgan fingerprint density at radius 3 is 2.67 bits per heavy atom. The van der Waals surface area contributed by atoms with Gasteiger partial charge in [-0.15, -0.1) is 0 Å². The molecule has 0 heterocycles. The van der Waals surface area contributed by atoms with Gasteiger partial charge in [-0.05, 0) is 12.3 Å². The smallest absolute Gasteiger partial charge is 0.167 e. The summed E-state index contributed by atoms with van der Waals surface area (Å²) < 4.78 is 31.3. The van der Waals surface area contributed by atoms with Crippen molar-refractivity contribution < 1.29 is 13.5 Å². The molecule has 1 aliphatic rings. The van der Waals surface area contributed by atoms with Gasteiger partial charge in [0.05, 0.1) is 12.3 Å². The van der Waals surface area contributed by atoms with Crippen molar-refractivity contribution in [2.24, 2.45) is 5.92 Å². The van der Waals surface area contributed by atoms with Crippen LogP contribution in [0.1, 0.15) is 19.3 Å². The first kappa shape index (κ1) is 10.2. The van der Waals surface area contributed by atoms with E-state index in [9.17, 15) is 8.78 Å². The summed E-state index contributed by atoms with van der Waals surface area (Å²) in [6.45, 7) is 0.435. The van der Waals surface area contributed by atoms with E-state index in [4.69, 9.17) is 10.5 Å². The van der Waals surface area contributed by atoms with E-state index in [1.54, 1.807) is 0 Å². The number of benzene rings is 1. The Morgan fingerprint density at radius 1 is 1.27 bits per heavy atom. The fourth-order valence-electron chi connectivity index (χ4n) is 1.40. The number of anilines is 1. The second-order valence-corrected chi connectivity index (χ2v) is 3.88. The van der Waals surface area contributed by atoms with Crippen molar-refractivity contribution in [1.82, 2.24) is 0 Å². The zero-order valence-corrected chi connectivity index (χ0v) is 8.30. The summed E-state index contributed by atoms with van der Waals surface area (Å²) in [5, 5.41) is 0. The van der Waals surface area contributed by atoms with Crippen LogP contribution in [0.2, 0.25) is 0 Å². The lowest BCUT2D eigenvalue weighted by Gasteiger charge is -2.07. The van der Waals surface area contributed by atoms with Crippen LogP contribution in [0.3, 0.4) is 0 Å². The van der Waals surface area contributed by atoms with E-state index in [-0.39, 0.29) is 11.4 Å². The third kappa shape index (κ3) is 2.58. The zero-order valence-electron chi connectivity index (χ0n) is 8.30. The summed E-state index contributed by atoms with van der Waals surface area (Å²) in [6, 6.07) is 1.94. The standard InChI is InChI=1S/C11H13F2NO/c12-8-6-11(9(13)5-10(8)14)15-4-3-7-1-2-7/h5-7H,1-4,14H2. The summed E-state index contributed by atoms with van der Waals surface area (Å²) in [6.07, 6.45) is 3.36. The van der Waals surface area contributed by atoms with Crippen LogP contribution in [-0.2, 0) is 0 Å². The highest BCUT2D eigenvalue weighted by atomic mass is 19.1. The second kappa shape index (κ2) is 4.04. The third-order valence-corrected chi connectivity index (χ3v) is 2.53. The molecule has 1 aromatic carbocycles. The van der Waals surface area contributed by atoms with Gasteiger partial charge in [0, 0.05) is 12.1 Å². The van der Waals surface area contributed by atoms with Crippen LogP contribution in [0.15, 0.2) is 12.1 Å². The fraction of sp³-hybridized carbons (Fsp3) is 0.455. The highest BCUT2D eigenvalue weighted by Crippen LogP contribution is 2.32.